The quantitative estimate of drug-likeness (QED) is 0.901. The minimum Gasteiger partial charge on any atom is -0.481 e. The van der Waals surface area contributed by atoms with Gasteiger partial charge in [0.05, 0.1) is 0 Å². The molecule has 1 aromatic heterocycles. The third kappa shape index (κ3) is 3.12. The summed E-state index contributed by atoms with van der Waals surface area (Å²) in [5.74, 6) is -2.61. The van der Waals surface area contributed by atoms with Gasteiger partial charge in [-0.25, -0.2) is 8.78 Å². The summed E-state index contributed by atoms with van der Waals surface area (Å²) >= 11 is 0. The second-order valence-corrected chi connectivity index (χ2v) is 3.84. The van der Waals surface area contributed by atoms with Crippen molar-refractivity contribution in [3.8, 4) is 11.5 Å². The first-order chi connectivity index (χ1) is 9.08. The molecule has 0 radical (unpaired) electrons. The largest absolute Gasteiger partial charge is 0.481 e. The lowest BCUT2D eigenvalue weighted by Gasteiger charge is -1.98. The van der Waals surface area contributed by atoms with Crippen molar-refractivity contribution in [3.05, 3.63) is 35.7 Å². The lowest BCUT2D eigenvalue weighted by atomic mass is 10.2. The highest BCUT2D eigenvalue weighted by Gasteiger charge is 2.17. The Bertz CT molecular complexity index is 578. The van der Waals surface area contributed by atoms with Crippen molar-refractivity contribution in [2.24, 2.45) is 0 Å². The van der Waals surface area contributed by atoms with Crippen molar-refractivity contribution in [2.75, 3.05) is 0 Å². The van der Waals surface area contributed by atoms with E-state index in [1.165, 1.54) is 6.07 Å². The fraction of sp³-hybridized carbons (Fsp3) is 0.250. The van der Waals surface area contributed by atoms with Crippen LogP contribution in [0.25, 0.3) is 11.5 Å². The number of hydrogen-bond acceptors (Lipinski definition) is 4. The number of halogens is 2. The summed E-state index contributed by atoms with van der Waals surface area (Å²) < 4.78 is 32.0. The lowest BCUT2D eigenvalue weighted by molar-refractivity contribution is -0.137. The van der Waals surface area contributed by atoms with E-state index in [-0.39, 0.29) is 30.2 Å². The van der Waals surface area contributed by atoms with Gasteiger partial charge in [0.2, 0.25) is 5.89 Å². The molecule has 1 N–H and O–H groups in total. The van der Waals surface area contributed by atoms with E-state index in [0.717, 1.165) is 12.1 Å². The Morgan fingerprint density at radius 1 is 1.26 bits per heavy atom. The molecule has 2 aromatic rings. The molecule has 0 unspecified atom stereocenters. The molecular weight excluding hydrogens is 258 g/mol. The van der Waals surface area contributed by atoms with E-state index in [1.54, 1.807) is 0 Å². The molecular formula is C12H10F2N2O3. The molecule has 0 aliphatic rings. The molecule has 2 rings (SSSR count). The number of nitrogens with zero attached hydrogens (tertiary/aromatic N) is 2. The summed E-state index contributed by atoms with van der Waals surface area (Å²) in [6, 6.07) is 3.41. The van der Waals surface area contributed by atoms with Gasteiger partial charge in [-0.05, 0) is 18.6 Å². The molecule has 0 aliphatic heterocycles. The molecule has 0 aliphatic carbocycles. The highest BCUT2D eigenvalue weighted by molar-refractivity contribution is 5.66. The molecule has 1 aromatic carbocycles. The second-order valence-electron chi connectivity index (χ2n) is 3.84. The van der Waals surface area contributed by atoms with Crippen LogP contribution in [0.2, 0.25) is 0 Å². The van der Waals surface area contributed by atoms with Gasteiger partial charge in [-0.15, -0.1) is 10.2 Å². The molecule has 0 atom stereocenters. The Morgan fingerprint density at radius 2 is 1.95 bits per heavy atom. The van der Waals surface area contributed by atoms with Gasteiger partial charge in [-0.3, -0.25) is 4.79 Å². The second kappa shape index (κ2) is 5.55. The molecule has 19 heavy (non-hydrogen) atoms. The monoisotopic (exact) mass is 268 g/mol. The molecule has 0 amide bonds. The van der Waals surface area contributed by atoms with Crippen LogP contribution in [0.5, 0.6) is 0 Å². The topological polar surface area (TPSA) is 76.2 Å². The predicted molar refractivity (Wildman–Crippen MR) is 60.2 cm³/mol. The van der Waals surface area contributed by atoms with Crippen molar-refractivity contribution in [1.82, 2.24) is 10.2 Å². The lowest BCUT2D eigenvalue weighted by Crippen LogP contribution is -1.95. The molecule has 0 spiro atoms. The fourth-order valence-electron chi connectivity index (χ4n) is 1.55. The molecule has 0 fully saturated rings. The van der Waals surface area contributed by atoms with Gasteiger partial charge >= 0.3 is 5.97 Å². The zero-order chi connectivity index (χ0) is 13.8. The fourth-order valence-corrected chi connectivity index (χ4v) is 1.55. The number of aromatic nitrogens is 2. The van der Waals surface area contributed by atoms with E-state index >= 15 is 0 Å². The summed E-state index contributed by atoms with van der Waals surface area (Å²) in [5, 5.41) is 15.7. The van der Waals surface area contributed by atoms with Crippen molar-refractivity contribution < 1.29 is 23.1 Å². The first-order valence-electron chi connectivity index (χ1n) is 5.56. The van der Waals surface area contributed by atoms with E-state index in [4.69, 9.17) is 9.52 Å². The number of rotatable bonds is 5. The Hall–Kier alpha value is -2.31. The van der Waals surface area contributed by atoms with Crippen molar-refractivity contribution in [3.63, 3.8) is 0 Å². The zero-order valence-electron chi connectivity index (χ0n) is 9.77. The summed E-state index contributed by atoms with van der Waals surface area (Å²) in [7, 11) is 0. The van der Waals surface area contributed by atoms with Crippen molar-refractivity contribution >= 4 is 5.97 Å². The SMILES string of the molecule is O=C(O)CCCc1nnc(-c2c(F)cccc2F)o1. The Kier molecular flexibility index (Phi) is 3.84. The van der Waals surface area contributed by atoms with Crippen LogP contribution in [0.4, 0.5) is 8.78 Å². The first-order valence-corrected chi connectivity index (χ1v) is 5.56. The Balaban J connectivity index is 2.15. The van der Waals surface area contributed by atoms with Crippen LogP contribution in [0, 0.1) is 11.6 Å². The van der Waals surface area contributed by atoms with Gasteiger partial charge in [0.25, 0.3) is 5.89 Å². The van der Waals surface area contributed by atoms with E-state index in [0.29, 0.717) is 6.42 Å². The van der Waals surface area contributed by atoms with Crippen LogP contribution >= 0.6 is 0 Å². The summed E-state index contributed by atoms with van der Waals surface area (Å²) in [6.45, 7) is 0. The minimum absolute atomic E-state index is 0.0359. The maximum absolute atomic E-state index is 13.5. The number of carboxylic acids is 1. The van der Waals surface area contributed by atoms with Gasteiger partial charge in [-0.2, -0.15) is 0 Å². The van der Waals surface area contributed by atoms with Crippen LogP contribution in [0.3, 0.4) is 0 Å². The van der Waals surface area contributed by atoms with Crippen LogP contribution in [0.15, 0.2) is 22.6 Å². The predicted octanol–water partition coefficient (Wildman–Crippen LogP) is 2.42. The van der Waals surface area contributed by atoms with Gasteiger partial charge in [0, 0.05) is 12.8 Å². The number of carbonyl (C=O) groups is 1. The van der Waals surface area contributed by atoms with Crippen LogP contribution in [0.1, 0.15) is 18.7 Å². The summed E-state index contributed by atoms with van der Waals surface area (Å²) in [4.78, 5) is 10.3. The van der Waals surface area contributed by atoms with E-state index in [1.807, 2.05) is 0 Å². The number of benzene rings is 1. The number of carboxylic acid groups (broad SMARTS) is 1. The zero-order valence-corrected chi connectivity index (χ0v) is 9.77. The standard InChI is InChI=1S/C12H10F2N2O3/c13-7-3-1-4-8(14)11(7)12-16-15-9(19-12)5-2-6-10(17)18/h1,3-4H,2,5-6H2,(H,17,18). The molecule has 100 valence electrons. The number of aliphatic carboxylic acids is 1. The minimum atomic E-state index is -0.931. The number of aryl methyl sites for hydroxylation is 1. The summed E-state index contributed by atoms with van der Waals surface area (Å²) in [6.07, 6.45) is 0.526. The van der Waals surface area contributed by atoms with Gasteiger partial charge < -0.3 is 9.52 Å². The van der Waals surface area contributed by atoms with E-state index < -0.39 is 17.6 Å². The smallest absolute Gasteiger partial charge is 0.303 e. The van der Waals surface area contributed by atoms with Crippen LogP contribution < -0.4 is 0 Å². The van der Waals surface area contributed by atoms with Gasteiger partial charge in [-0.1, -0.05) is 6.07 Å². The van der Waals surface area contributed by atoms with Crippen LogP contribution in [-0.2, 0) is 11.2 Å². The third-order valence-electron chi connectivity index (χ3n) is 2.42. The molecule has 0 saturated carbocycles. The van der Waals surface area contributed by atoms with Crippen molar-refractivity contribution in [2.45, 2.75) is 19.3 Å². The molecule has 0 saturated heterocycles. The normalized spacial score (nSPS) is 10.6. The molecule has 1 heterocycles. The van der Waals surface area contributed by atoms with Gasteiger partial charge in [0.15, 0.2) is 0 Å². The third-order valence-corrected chi connectivity index (χ3v) is 2.42. The van der Waals surface area contributed by atoms with Gasteiger partial charge in [0.1, 0.15) is 17.2 Å². The molecule has 5 nitrogen and oxygen atoms in total. The Morgan fingerprint density at radius 3 is 2.58 bits per heavy atom. The maximum Gasteiger partial charge on any atom is 0.303 e. The van der Waals surface area contributed by atoms with E-state index in [9.17, 15) is 13.6 Å². The van der Waals surface area contributed by atoms with Crippen LogP contribution in [-0.4, -0.2) is 21.3 Å². The summed E-state index contributed by atoms with van der Waals surface area (Å²) in [5.41, 5.74) is -0.375. The first kappa shape index (κ1) is 13.1. The number of hydrogen-bond donors (Lipinski definition) is 1. The highest BCUT2D eigenvalue weighted by atomic mass is 19.1. The average Bonchev–Trinajstić information content (AvgIpc) is 2.77. The average molecular weight is 268 g/mol. The van der Waals surface area contributed by atoms with Crippen molar-refractivity contribution in [1.29, 1.82) is 0 Å². The maximum atomic E-state index is 13.5. The molecule has 0 bridgehead atoms. The van der Waals surface area contributed by atoms with E-state index in [2.05, 4.69) is 10.2 Å². The highest BCUT2D eigenvalue weighted by Crippen LogP contribution is 2.24. The molecule has 7 heteroatoms. The Labute approximate surface area is 106 Å².